The standard InChI is InChI=1S/C11H20N2O.C2HF3O2/c1-9-8-12-6-7-13(9)10(14)11(2)4-3-5-11;3-2(4,5)1(6)7/h9,12H,3-8H2,1-2H3;(H,6,7)/t9-;/m1./s1. The summed E-state index contributed by atoms with van der Waals surface area (Å²) >= 11 is 0. The number of carboxylic acids is 1. The van der Waals surface area contributed by atoms with Gasteiger partial charge in [0.25, 0.3) is 0 Å². The van der Waals surface area contributed by atoms with Gasteiger partial charge in [-0.15, -0.1) is 0 Å². The Hall–Kier alpha value is -1.31. The summed E-state index contributed by atoms with van der Waals surface area (Å²) in [6.07, 6.45) is -1.69. The molecule has 2 fully saturated rings. The zero-order valence-electron chi connectivity index (χ0n) is 12.2. The molecule has 1 heterocycles. The Kier molecular flexibility index (Phi) is 5.61. The molecule has 1 saturated carbocycles. The summed E-state index contributed by atoms with van der Waals surface area (Å²) < 4.78 is 31.7. The predicted octanol–water partition coefficient (Wildman–Crippen LogP) is 1.63. The first kappa shape index (κ1) is 17.7. The van der Waals surface area contributed by atoms with Crippen LogP contribution < -0.4 is 5.32 Å². The molecule has 0 aromatic heterocycles. The minimum absolute atomic E-state index is 0.0222. The second-order valence-electron chi connectivity index (χ2n) is 5.77. The van der Waals surface area contributed by atoms with E-state index in [2.05, 4.69) is 24.1 Å². The first-order valence-electron chi connectivity index (χ1n) is 6.90. The number of nitrogens with zero attached hydrogens (tertiary/aromatic N) is 1. The second-order valence-corrected chi connectivity index (χ2v) is 5.77. The van der Waals surface area contributed by atoms with Crippen molar-refractivity contribution in [1.29, 1.82) is 0 Å². The first-order valence-corrected chi connectivity index (χ1v) is 6.90. The lowest BCUT2D eigenvalue weighted by molar-refractivity contribution is -0.192. The molecule has 0 spiro atoms. The van der Waals surface area contributed by atoms with Gasteiger partial charge in [0.1, 0.15) is 0 Å². The van der Waals surface area contributed by atoms with E-state index in [1.807, 2.05) is 0 Å². The van der Waals surface area contributed by atoms with Crippen molar-refractivity contribution < 1.29 is 27.9 Å². The molecule has 1 amide bonds. The average Bonchev–Trinajstić information content (AvgIpc) is 2.35. The second kappa shape index (κ2) is 6.64. The van der Waals surface area contributed by atoms with Gasteiger partial charge < -0.3 is 15.3 Å². The van der Waals surface area contributed by atoms with Crippen LogP contribution in [0, 0.1) is 5.41 Å². The molecule has 1 saturated heterocycles. The predicted molar refractivity (Wildman–Crippen MR) is 69.7 cm³/mol. The van der Waals surface area contributed by atoms with Crippen molar-refractivity contribution in [3.05, 3.63) is 0 Å². The van der Waals surface area contributed by atoms with Crippen molar-refractivity contribution in [2.45, 2.75) is 45.3 Å². The minimum atomic E-state index is -5.08. The summed E-state index contributed by atoms with van der Waals surface area (Å²) in [5, 5.41) is 10.4. The zero-order valence-corrected chi connectivity index (χ0v) is 12.2. The number of rotatable bonds is 1. The van der Waals surface area contributed by atoms with E-state index in [0.717, 1.165) is 32.5 Å². The van der Waals surface area contributed by atoms with Crippen LogP contribution >= 0.6 is 0 Å². The highest BCUT2D eigenvalue weighted by Gasteiger charge is 2.43. The number of hydrogen-bond acceptors (Lipinski definition) is 3. The Morgan fingerprint density at radius 2 is 1.86 bits per heavy atom. The Bertz CT molecular complexity index is 395. The SMILES string of the molecule is C[C@@H]1CNCCN1C(=O)C1(C)CCC1.O=C(O)C(F)(F)F. The summed E-state index contributed by atoms with van der Waals surface area (Å²) in [5.41, 5.74) is -0.0222. The van der Waals surface area contributed by atoms with Gasteiger partial charge in [-0.1, -0.05) is 13.3 Å². The third kappa shape index (κ3) is 4.59. The molecule has 0 aromatic rings. The van der Waals surface area contributed by atoms with Gasteiger partial charge in [-0.25, -0.2) is 4.79 Å². The molecule has 1 aliphatic carbocycles. The van der Waals surface area contributed by atoms with Crippen LogP contribution in [0.1, 0.15) is 33.1 Å². The van der Waals surface area contributed by atoms with Crippen molar-refractivity contribution in [3.63, 3.8) is 0 Å². The van der Waals surface area contributed by atoms with Crippen molar-refractivity contribution in [1.82, 2.24) is 10.2 Å². The number of aliphatic carboxylic acids is 1. The van der Waals surface area contributed by atoms with Gasteiger partial charge in [-0.05, 0) is 19.8 Å². The number of alkyl halides is 3. The molecule has 8 heteroatoms. The van der Waals surface area contributed by atoms with Gasteiger partial charge in [0.05, 0.1) is 0 Å². The van der Waals surface area contributed by atoms with E-state index in [9.17, 15) is 18.0 Å². The summed E-state index contributed by atoms with van der Waals surface area (Å²) in [7, 11) is 0. The highest BCUT2D eigenvalue weighted by molar-refractivity contribution is 5.83. The van der Waals surface area contributed by atoms with Gasteiger partial charge in [0.2, 0.25) is 5.91 Å². The molecule has 122 valence electrons. The molecule has 21 heavy (non-hydrogen) atoms. The number of piperazine rings is 1. The molecule has 2 N–H and O–H groups in total. The number of amides is 1. The van der Waals surface area contributed by atoms with Gasteiger partial charge in [0.15, 0.2) is 0 Å². The van der Waals surface area contributed by atoms with E-state index >= 15 is 0 Å². The molecule has 0 unspecified atom stereocenters. The molecule has 2 rings (SSSR count). The fourth-order valence-electron chi connectivity index (χ4n) is 2.41. The molecule has 5 nitrogen and oxygen atoms in total. The van der Waals surface area contributed by atoms with Gasteiger partial charge in [0, 0.05) is 31.1 Å². The van der Waals surface area contributed by atoms with Gasteiger partial charge in [-0.2, -0.15) is 13.2 Å². The third-order valence-corrected chi connectivity index (χ3v) is 3.98. The first-order chi connectivity index (χ1) is 9.58. The van der Waals surface area contributed by atoms with Crippen molar-refractivity contribution in [3.8, 4) is 0 Å². The Morgan fingerprint density at radius 3 is 2.19 bits per heavy atom. The highest BCUT2D eigenvalue weighted by atomic mass is 19.4. The van der Waals surface area contributed by atoms with Crippen LogP contribution in [0.4, 0.5) is 13.2 Å². The Morgan fingerprint density at radius 1 is 1.33 bits per heavy atom. The molecule has 0 aromatic carbocycles. The molecule has 1 atom stereocenters. The zero-order chi connectivity index (χ0) is 16.3. The highest BCUT2D eigenvalue weighted by Crippen LogP contribution is 2.42. The summed E-state index contributed by atoms with van der Waals surface area (Å²) in [6.45, 7) is 7.03. The normalized spacial score (nSPS) is 24.4. The molecule has 0 bridgehead atoms. The number of carbonyl (C=O) groups excluding carboxylic acids is 1. The van der Waals surface area contributed by atoms with Crippen LogP contribution in [0.5, 0.6) is 0 Å². The third-order valence-electron chi connectivity index (χ3n) is 3.98. The molecular weight excluding hydrogens is 289 g/mol. The van der Waals surface area contributed by atoms with Crippen molar-refractivity contribution >= 4 is 11.9 Å². The molecular formula is C13H21F3N2O3. The lowest BCUT2D eigenvalue weighted by Crippen LogP contribution is -2.57. The van der Waals surface area contributed by atoms with E-state index < -0.39 is 12.1 Å². The quantitative estimate of drug-likeness (QED) is 0.772. The van der Waals surface area contributed by atoms with Crippen LogP contribution in [0.3, 0.4) is 0 Å². The van der Waals surface area contributed by atoms with E-state index in [1.165, 1.54) is 6.42 Å². The number of halogens is 3. The monoisotopic (exact) mass is 310 g/mol. The summed E-state index contributed by atoms with van der Waals surface area (Å²) in [5.74, 6) is -2.37. The summed E-state index contributed by atoms with van der Waals surface area (Å²) in [4.78, 5) is 23.2. The lowest BCUT2D eigenvalue weighted by atomic mass is 9.69. The van der Waals surface area contributed by atoms with Crippen molar-refractivity contribution in [2.24, 2.45) is 5.41 Å². The van der Waals surface area contributed by atoms with Crippen LogP contribution in [-0.2, 0) is 9.59 Å². The Balaban J connectivity index is 0.000000270. The van der Waals surface area contributed by atoms with Crippen LogP contribution in [0.25, 0.3) is 0 Å². The van der Waals surface area contributed by atoms with E-state index in [-0.39, 0.29) is 5.41 Å². The number of carboxylic acid groups (broad SMARTS) is 1. The van der Waals surface area contributed by atoms with Crippen LogP contribution in [-0.4, -0.2) is 53.7 Å². The topological polar surface area (TPSA) is 69.6 Å². The number of hydrogen-bond donors (Lipinski definition) is 2. The fraction of sp³-hybridized carbons (Fsp3) is 0.846. The van der Waals surface area contributed by atoms with Gasteiger partial charge in [-0.3, -0.25) is 4.79 Å². The minimum Gasteiger partial charge on any atom is -0.475 e. The fourth-order valence-corrected chi connectivity index (χ4v) is 2.41. The van der Waals surface area contributed by atoms with Crippen LogP contribution in [0.15, 0.2) is 0 Å². The molecule has 1 aliphatic heterocycles. The van der Waals surface area contributed by atoms with Crippen LogP contribution in [0.2, 0.25) is 0 Å². The number of carbonyl (C=O) groups is 2. The average molecular weight is 310 g/mol. The van der Waals surface area contributed by atoms with E-state index in [0.29, 0.717) is 11.9 Å². The maximum atomic E-state index is 12.2. The van der Waals surface area contributed by atoms with Gasteiger partial charge >= 0.3 is 12.1 Å². The Labute approximate surface area is 121 Å². The lowest BCUT2D eigenvalue weighted by Gasteiger charge is -2.44. The van der Waals surface area contributed by atoms with Crippen molar-refractivity contribution in [2.75, 3.05) is 19.6 Å². The smallest absolute Gasteiger partial charge is 0.475 e. The molecule has 2 aliphatic rings. The van der Waals surface area contributed by atoms with E-state index in [4.69, 9.17) is 9.90 Å². The van der Waals surface area contributed by atoms with E-state index in [1.54, 1.807) is 0 Å². The maximum Gasteiger partial charge on any atom is 0.490 e. The number of nitrogens with one attached hydrogen (secondary N) is 1. The maximum absolute atomic E-state index is 12.2. The summed E-state index contributed by atoms with van der Waals surface area (Å²) in [6, 6.07) is 0.369. The molecule has 0 radical (unpaired) electrons. The largest absolute Gasteiger partial charge is 0.490 e.